The highest BCUT2D eigenvalue weighted by Crippen LogP contribution is 2.30. The molecule has 2 atom stereocenters. The molecule has 8 heteroatoms. The molecule has 0 aromatic heterocycles. The van der Waals surface area contributed by atoms with Crippen LogP contribution >= 0.6 is 0 Å². The lowest BCUT2D eigenvalue weighted by atomic mass is 10.2. The summed E-state index contributed by atoms with van der Waals surface area (Å²) < 4.78 is 30.2. The Bertz CT molecular complexity index is 798. The second-order valence-electron chi connectivity index (χ2n) is 7.29. The van der Waals surface area contributed by atoms with Gasteiger partial charge in [-0.25, -0.2) is 8.42 Å². The predicted octanol–water partition coefficient (Wildman–Crippen LogP) is 1.63. The van der Waals surface area contributed by atoms with E-state index in [1.165, 1.54) is 6.92 Å². The normalized spacial score (nSPS) is 20.9. The minimum Gasteiger partial charge on any atom is -0.377 e. The molecule has 1 aliphatic carbocycles. The first-order valence-corrected chi connectivity index (χ1v) is 11.1. The molecular formula is C19H26N2O5S. The Balaban J connectivity index is 1.52. The monoisotopic (exact) mass is 394 g/mol. The van der Waals surface area contributed by atoms with Gasteiger partial charge in [0, 0.05) is 24.8 Å². The third-order valence-corrected chi connectivity index (χ3v) is 7.09. The molecule has 148 valence electrons. The molecule has 1 saturated carbocycles. The van der Waals surface area contributed by atoms with Crippen molar-refractivity contribution in [2.45, 2.75) is 50.5 Å². The lowest BCUT2D eigenvalue weighted by Gasteiger charge is -2.16. The second-order valence-corrected chi connectivity index (χ2v) is 9.65. The first-order valence-electron chi connectivity index (χ1n) is 9.36. The van der Waals surface area contributed by atoms with Crippen LogP contribution in [0.15, 0.2) is 24.3 Å². The average Bonchev–Trinajstić information content (AvgIpc) is 3.38. The molecule has 1 aliphatic heterocycles. The van der Waals surface area contributed by atoms with Crippen LogP contribution in [0.4, 0.5) is 5.69 Å². The number of carbonyl (C=O) groups is 2. The molecule has 1 aromatic rings. The summed E-state index contributed by atoms with van der Waals surface area (Å²) in [5, 5.41) is 4.41. The van der Waals surface area contributed by atoms with E-state index >= 15 is 0 Å². The number of sulfone groups is 1. The molecule has 7 nitrogen and oxygen atoms in total. The zero-order valence-corrected chi connectivity index (χ0v) is 16.3. The average molecular weight is 394 g/mol. The van der Waals surface area contributed by atoms with Gasteiger partial charge in [0.1, 0.15) is 5.25 Å². The number of hydrogen-bond donors (Lipinski definition) is 2. The van der Waals surface area contributed by atoms with E-state index in [4.69, 9.17) is 4.74 Å². The second kappa shape index (κ2) is 8.39. The van der Waals surface area contributed by atoms with Crippen molar-refractivity contribution in [1.82, 2.24) is 5.32 Å². The van der Waals surface area contributed by atoms with Gasteiger partial charge in [0.05, 0.1) is 11.9 Å². The van der Waals surface area contributed by atoms with Crippen molar-refractivity contribution in [3.05, 3.63) is 29.8 Å². The molecule has 2 fully saturated rings. The fourth-order valence-electron chi connectivity index (χ4n) is 3.02. The van der Waals surface area contributed by atoms with Gasteiger partial charge >= 0.3 is 0 Å². The Kier molecular flexibility index (Phi) is 6.16. The van der Waals surface area contributed by atoms with E-state index in [-0.39, 0.29) is 30.2 Å². The third kappa shape index (κ3) is 5.52. The fraction of sp³-hybridized carbons (Fsp3) is 0.579. The van der Waals surface area contributed by atoms with Crippen molar-refractivity contribution >= 4 is 27.3 Å². The quantitative estimate of drug-likeness (QED) is 0.698. The maximum atomic E-state index is 12.4. The Morgan fingerprint density at radius 1 is 1.26 bits per heavy atom. The van der Waals surface area contributed by atoms with E-state index in [1.807, 2.05) is 6.07 Å². The summed E-state index contributed by atoms with van der Waals surface area (Å²) in [6.07, 6.45) is 3.12. The van der Waals surface area contributed by atoms with E-state index in [0.717, 1.165) is 24.8 Å². The molecule has 2 aliphatic rings. The molecule has 2 N–H and O–H groups in total. The largest absolute Gasteiger partial charge is 0.377 e. The SMILES string of the molecule is C[C@H](C(=O)NCc1cccc(NC(=O)C2CC2)c1)S(=O)(=O)C[C@H]1CCCO1. The zero-order chi connectivity index (χ0) is 19.4. The Labute approximate surface area is 159 Å². The maximum absolute atomic E-state index is 12.4. The standard InChI is InChI=1S/C19H26N2O5S/c1-13(27(24,25)12-17-6-3-9-26-17)18(22)20-11-14-4-2-5-16(10-14)21-19(23)15-7-8-15/h2,4-5,10,13,15,17H,3,6-9,11-12H2,1H3,(H,20,22)(H,21,23)/t13-,17-/m1/s1. The topological polar surface area (TPSA) is 102 Å². The van der Waals surface area contributed by atoms with Gasteiger partial charge in [0.15, 0.2) is 9.84 Å². The number of anilines is 1. The first kappa shape index (κ1) is 19.8. The molecular weight excluding hydrogens is 368 g/mol. The van der Waals surface area contributed by atoms with Gasteiger partial charge in [-0.2, -0.15) is 0 Å². The molecule has 1 heterocycles. The van der Waals surface area contributed by atoms with Gasteiger partial charge in [-0.3, -0.25) is 9.59 Å². The molecule has 3 rings (SSSR count). The maximum Gasteiger partial charge on any atom is 0.238 e. The number of carbonyl (C=O) groups excluding carboxylic acids is 2. The number of benzene rings is 1. The van der Waals surface area contributed by atoms with Gasteiger partial charge in [0.2, 0.25) is 11.8 Å². The van der Waals surface area contributed by atoms with Crippen molar-refractivity contribution in [2.24, 2.45) is 5.92 Å². The smallest absolute Gasteiger partial charge is 0.238 e. The van der Waals surface area contributed by atoms with Crippen molar-refractivity contribution in [2.75, 3.05) is 17.7 Å². The van der Waals surface area contributed by atoms with Crippen LogP contribution in [0.3, 0.4) is 0 Å². The third-order valence-electron chi connectivity index (χ3n) is 4.96. The summed E-state index contributed by atoms with van der Waals surface area (Å²) >= 11 is 0. The van der Waals surface area contributed by atoms with Gasteiger partial charge in [-0.15, -0.1) is 0 Å². The van der Waals surface area contributed by atoms with E-state index in [1.54, 1.807) is 18.2 Å². The predicted molar refractivity (Wildman–Crippen MR) is 102 cm³/mol. The minimum absolute atomic E-state index is 0.0185. The molecule has 1 saturated heterocycles. The summed E-state index contributed by atoms with van der Waals surface area (Å²) in [4.78, 5) is 24.1. The van der Waals surface area contributed by atoms with Crippen LogP contribution in [0, 0.1) is 5.92 Å². The molecule has 0 unspecified atom stereocenters. The summed E-state index contributed by atoms with van der Waals surface area (Å²) in [6.45, 7) is 2.19. The van der Waals surface area contributed by atoms with Crippen LogP contribution in [0.5, 0.6) is 0 Å². The number of rotatable bonds is 8. The van der Waals surface area contributed by atoms with Gasteiger partial charge in [0.25, 0.3) is 0 Å². The van der Waals surface area contributed by atoms with Crippen molar-refractivity contribution < 1.29 is 22.7 Å². The van der Waals surface area contributed by atoms with E-state index in [9.17, 15) is 18.0 Å². The molecule has 0 bridgehead atoms. The Hall–Kier alpha value is -1.93. The summed E-state index contributed by atoms with van der Waals surface area (Å²) in [5.41, 5.74) is 1.47. The van der Waals surface area contributed by atoms with Crippen molar-refractivity contribution in [3.63, 3.8) is 0 Å². The molecule has 2 amide bonds. The van der Waals surface area contributed by atoms with E-state index < -0.39 is 21.0 Å². The number of nitrogens with one attached hydrogen (secondary N) is 2. The highest BCUT2D eigenvalue weighted by molar-refractivity contribution is 7.92. The molecule has 27 heavy (non-hydrogen) atoms. The van der Waals surface area contributed by atoms with Crippen LogP contribution in [0.25, 0.3) is 0 Å². The summed E-state index contributed by atoms with van der Waals surface area (Å²) in [6, 6.07) is 7.19. The molecule has 1 aromatic carbocycles. The highest BCUT2D eigenvalue weighted by Gasteiger charge is 2.32. The summed E-state index contributed by atoms with van der Waals surface area (Å²) in [7, 11) is -3.57. The zero-order valence-electron chi connectivity index (χ0n) is 15.4. The van der Waals surface area contributed by atoms with Crippen molar-refractivity contribution in [3.8, 4) is 0 Å². The Morgan fingerprint density at radius 2 is 2.04 bits per heavy atom. The Morgan fingerprint density at radius 3 is 2.70 bits per heavy atom. The summed E-state index contributed by atoms with van der Waals surface area (Å²) in [5.74, 6) is -0.515. The number of hydrogen-bond acceptors (Lipinski definition) is 5. The van der Waals surface area contributed by atoms with Crippen molar-refractivity contribution in [1.29, 1.82) is 0 Å². The van der Waals surface area contributed by atoms with Gasteiger partial charge < -0.3 is 15.4 Å². The minimum atomic E-state index is -3.57. The lowest BCUT2D eigenvalue weighted by Crippen LogP contribution is -2.40. The van der Waals surface area contributed by atoms with Crippen LogP contribution in [-0.2, 0) is 30.7 Å². The fourth-order valence-corrected chi connectivity index (χ4v) is 4.50. The highest BCUT2D eigenvalue weighted by atomic mass is 32.2. The molecule has 0 radical (unpaired) electrons. The lowest BCUT2D eigenvalue weighted by molar-refractivity contribution is -0.120. The van der Waals surface area contributed by atoms with Gasteiger partial charge in [-0.1, -0.05) is 12.1 Å². The number of ether oxygens (including phenoxy) is 1. The van der Waals surface area contributed by atoms with E-state index in [2.05, 4.69) is 10.6 Å². The van der Waals surface area contributed by atoms with Crippen LogP contribution in [0.1, 0.15) is 38.2 Å². The van der Waals surface area contributed by atoms with E-state index in [0.29, 0.717) is 18.7 Å². The first-order chi connectivity index (χ1) is 12.8. The van der Waals surface area contributed by atoms with Crippen LogP contribution < -0.4 is 10.6 Å². The molecule has 0 spiro atoms. The van der Waals surface area contributed by atoms with Crippen LogP contribution in [-0.4, -0.2) is 43.9 Å². The number of amides is 2. The van der Waals surface area contributed by atoms with Gasteiger partial charge in [-0.05, 0) is 50.3 Å². The van der Waals surface area contributed by atoms with Crippen LogP contribution in [0.2, 0.25) is 0 Å².